The molecule has 1 heterocycles. The summed E-state index contributed by atoms with van der Waals surface area (Å²) in [5.74, 6) is 0.794. The normalized spacial score (nSPS) is 25.6. The van der Waals surface area contributed by atoms with E-state index in [-0.39, 0.29) is 11.9 Å². The molecule has 1 unspecified atom stereocenters. The maximum absolute atomic E-state index is 11.3. The Hall–Kier alpha value is -0.610. The van der Waals surface area contributed by atoms with Crippen LogP contribution in [0.2, 0.25) is 0 Å². The molecule has 0 radical (unpaired) electrons. The molecule has 1 saturated carbocycles. The summed E-state index contributed by atoms with van der Waals surface area (Å²) >= 11 is 0. The third-order valence-corrected chi connectivity index (χ3v) is 3.78. The van der Waals surface area contributed by atoms with Crippen LogP contribution in [0.25, 0.3) is 0 Å². The zero-order valence-electron chi connectivity index (χ0n) is 10.2. The molecular weight excluding hydrogens is 202 g/mol. The van der Waals surface area contributed by atoms with Crippen molar-refractivity contribution in [2.45, 2.75) is 32.2 Å². The van der Waals surface area contributed by atoms with E-state index >= 15 is 0 Å². The lowest BCUT2D eigenvalue weighted by Gasteiger charge is -2.37. The van der Waals surface area contributed by atoms with Gasteiger partial charge in [-0.3, -0.25) is 9.69 Å². The molecule has 1 amide bonds. The van der Waals surface area contributed by atoms with Gasteiger partial charge in [0, 0.05) is 32.7 Å². The van der Waals surface area contributed by atoms with E-state index in [0.29, 0.717) is 0 Å². The van der Waals surface area contributed by atoms with E-state index < -0.39 is 0 Å². The predicted molar refractivity (Wildman–Crippen MR) is 64.0 cm³/mol. The second-order valence-corrected chi connectivity index (χ2v) is 5.11. The number of nitrogens with two attached hydrogens (primary N) is 1. The van der Waals surface area contributed by atoms with Gasteiger partial charge in [0.05, 0.1) is 6.04 Å². The Balaban J connectivity index is 1.76. The molecule has 1 atom stereocenters. The average molecular weight is 225 g/mol. The fraction of sp³-hybridized carbons (Fsp3) is 0.917. The molecule has 1 saturated heterocycles. The first-order chi connectivity index (χ1) is 7.70. The number of piperazine rings is 1. The summed E-state index contributed by atoms with van der Waals surface area (Å²) in [5, 5.41) is 0. The first-order valence-corrected chi connectivity index (χ1v) is 6.46. The van der Waals surface area contributed by atoms with E-state index in [0.717, 1.165) is 38.5 Å². The van der Waals surface area contributed by atoms with Gasteiger partial charge in [-0.15, -0.1) is 0 Å². The van der Waals surface area contributed by atoms with Gasteiger partial charge in [-0.2, -0.15) is 0 Å². The molecule has 2 fully saturated rings. The van der Waals surface area contributed by atoms with Crippen LogP contribution >= 0.6 is 0 Å². The molecule has 1 aliphatic heterocycles. The number of rotatable bonds is 5. The standard InChI is InChI=1S/C12H23N3O/c1-2-11(12(13)16)15-7-5-14(6-8-15)9-10-3-4-10/h10-11H,2-9H2,1H3,(H2,13,16). The fourth-order valence-electron chi connectivity index (χ4n) is 2.56. The molecule has 16 heavy (non-hydrogen) atoms. The Morgan fingerprint density at radius 1 is 1.31 bits per heavy atom. The smallest absolute Gasteiger partial charge is 0.234 e. The van der Waals surface area contributed by atoms with Crippen LogP contribution in [-0.2, 0) is 4.79 Å². The van der Waals surface area contributed by atoms with Crippen LogP contribution in [0, 0.1) is 5.92 Å². The number of carbonyl (C=O) groups excluding carboxylic acids is 1. The first kappa shape index (κ1) is 11.9. The number of amides is 1. The average Bonchev–Trinajstić information content (AvgIpc) is 3.05. The minimum atomic E-state index is -0.168. The van der Waals surface area contributed by atoms with Crippen LogP contribution in [0.5, 0.6) is 0 Å². The van der Waals surface area contributed by atoms with Crippen molar-refractivity contribution in [2.75, 3.05) is 32.7 Å². The molecule has 0 aromatic heterocycles. The van der Waals surface area contributed by atoms with E-state index in [9.17, 15) is 4.79 Å². The molecule has 0 spiro atoms. The van der Waals surface area contributed by atoms with Crippen LogP contribution in [-0.4, -0.2) is 54.5 Å². The SMILES string of the molecule is CCC(C(N)=O)N1CCN(CC2CC2)CC1. The zero-order valence-corrected chi connectivity index (χ0v) is 10.2. The van der Waals surface area contributed by atoms with E-state index in [1.54, 1.807) is 0 Å². The molecule has 0 aromatic rings. The van der Waals surface area contributed by atoms with Gasteiger partial charge in [0.15, 0.2) is 0 Å². The van der Waals surface area contributed by atoms with Gasteiger partial charge >= 0.3 is 0 Å². The van der Waals surface area contributed by atoms with Crippen molar-refractivity contribution in [1.82, 2.24) is 9.80 Å². The minimum absolute atomic E-state index is 0.0527. The number of nitrogens with zero attached hydrogens (tertiary/aromatic N) is 2. The van der Waals surface area contributed by atoms with Crippen molar-refractivity contribution >= 4 is 5.91 Å². The Bertz CT molecular complexity index is 245. The third-order valence-electron chi connectivity index (χ3n) is 3.78. The maximum atomic E-state index is 11.3. The quantitative estimate of drug-likeness (QED) is 0.731. The van der Waals surface area contributed by atoms with Gasteiger partial charge in [-0.25, -0.2) is 0 Å². The maximum Gasteiger partial charge on any atom is 0.234 e. The van der Waals surface area contributed by atoms with Crippen LogP contribution in [0.4, 0.5) is 0 Å². The van der Waals surface area contributed by atoms with Gasteiger partial charge in [-0.1, -0.05) is 6.92 Å². The molecule has 2 rings (SSSR count). The topological polar surface area (TPSA) is 49.6 Å². The zero-order chi connectivity index (χ0) is 11.5. The highest BCUT2D eigenvalue weighted by Crippen LogP contribution is 2.30. The van der Waals surface area contributed by atoms with E-state index in [2.05, 4.69) is 9.80 Å². The Morgan fingerprint density at radius 2 is 1.94 bits per heavy atom. The van der Waals surface area contributed by atoms with Gasteiger partial charge in [0.2, 0.25) is 5.91 Å². The summed E-state index contributed by atoms with van der Waals surface area (Å²) in [4.78, 5) is 16.0. The summed E-state index contributed by atoms with van der Waals surface area (Å²) in [7, 11) is 0. The van der Waals surface area contributed by atoms with Crippen molar-refractivity contribution in [2.24, 2.45) is 11.7 Å². The predicted octanol–water partition coefficient (Wildman–Crippen LogP) is 0.278. The van der Waals surface area contributed by atoms with Crippen molar-refractivity contribution in [3.05, 3.63) is 0 Å². The lowest BCUT2D eigenvalue weighted by atomic mass is 10.1. The number of carbonyl (C=O) groups is 1. The van der Waals surface area contributed by atoms with Crippen LogP contribution < -0.4 is 5.73 Å². The first-order valence-electron chi connectivity index (χ1n) is 6.46. The lowest BCUT2D eigenvalue weighted by Crippen LogP contribution is -2.54. The molecule has 4 nitrogen and oxygen atoms in total. The minimum Gasteiger partial charge on any atom is -0.368 e. The van der Waals surface area contributed by atoms with Gasteiger partial charge in [-0.05, 0) is 25.2 Å². The second kappa shape index (κ2) is 5.15. The fourth-order valence-corrected chi connectivity index (χ4v) is 2.56. The second-order valence-electron chi connectivity index (χ2n) is 5.11. The van der Waals surface area contributed by atoms with E-state index in [4.69, 9.17) is 5.73 Å². The van der Waals surface area contributed by atoms with E-state index in [1.165, 1.54) is 19.4 Å². The summed E-state index contributed by atoms with van der Waals surface area (Å²) < 4.78 is 0. The van der Waals surface area contributed by atoms with Crippen molar-refractivity contribution in [1.29, 1.82) is 0 Å². The monoisotopic (exact) mass is 225 g/mol. The summed E-state index contributed by atoms with van der Waals surface area (Å²) in [6.45, 7) is 7.48. The summed E-state index contributed by atoms with van der Waals surface area (Å²) in [5.41, 5.74) is 5.41. The number of hydrogen-bond acceptors (Lipinski definition) is 3. The van der Waals surface area contributed by atoms with Gasteiger partial charge in [0.25, 0.3) is 0 Å². The van der Waals surface area contributed by atoms with Crippen LogP contribution in [0.15, 0.2) is 0 Å². The lowest BCUT2D eigenvalue weighted by molar-refractivity contribution is -0.124. The highest BCUT2D eigenvalue weighted by Gasteiger charge is 2.29. The number of primary amides is 1. The molecule has 0 bridgehead atoms. The molecule has 0 aromatic carbocycles. The number of hydrogen-bond donors (Lipinski definition) is 1. The van der Waals surface area contributed by atoms with Gasteiger partial charge in [0.1, 0.15) is 0 Å². The Kier molecular flexibility index (Phi) is 3.82. The highest BCUT2D eigenvalue weighted by atomic mass is 16.1. The van der Waals surface area contributed by atoms with Crippen molar-refractivity contribution < 1.29 is 4.79 Å². The molecule has 2 N–H and O–H groups in total. The third kappa shape index (κ3) is 2.95. The van der Waals surface area contributed by atoms with Crippen LogP contribution in [0.3, 0.4) is 0 Å². The van der Waals surface area contributed by atoms with Crippen molar-refractivity contribution in [3.8, 4) is 0 Å². The Morgan fingerprint density at radius 3 is 2.38 bits per heavy atom. The molecule has 92 valence electrons. The molecule has 4 heteroatoms. The van der Waals surface area contributed by atoms with Crippen molar-refractivity contribution in [3.63, 3.8) is 0 Å². The Labute approximate surface area is 97.8 Å². The van der Waals surface area contributed by atoms with Gasteiger partial charge < -0.3 is 10.6 Å². The van der Waals surface area contributed by atoms with Crippen LogP contribution in [0.1, 0.15) is 26.2 Å². The molecule has 1 aliphatic carbocycles. The largest absolute Gasteiger partial charge is 0.368 e. The highest BCUT2D eigenvalue weighted by molar-refractivity contribution is 5.79. The van der Waals surface area contributed by atoms with E-state index in [1.807, 2.05) is 6.92 Å². The summed E-state index contributed by atoms with van der Waals surface area (Å²) in [6.07, 6.45) is 3.66. The summed E-state index contributed by atoms with van der Waals surface area (Å²) in [6, 6.07) is -0.0527. The molecule has 2 aliphatic rings. The molecular formula is C12H23N3O.